The molecule has 0 fully saturated rings. The Bertz CT molecular complexity index is 250. The molecule has 19 heavy (non-hydrogen) atoms. The van der Waals surface area contributed by atoms with Crippen molar-refractivity contribution < 1.29 is 70.8 Å². The summed E-state index contributed by atoms with van der Waals surface area (Å²) >= 11 is 0. The van der Waals surface area contributed by atoms with Gasteiger partial charge < -0.3 is 40.5 Å². The van der Waals surface area contributed by atoms with Crippen LogP contribution in [0.25, 0.3) is 0 Å². The van der Waals surface area contributed by atoms with Gasteiger partial charge in [0.25, 0.3) is 0 Å². The van der Waals surface area contributed by atoms with Gasteiger partial charge in [0.1, 0.15) is 6.04 Å². The molecule has 0 spiro atoms. The Labute approximate surface area is 157 Å². The van der Waals surface area contributed by atoms with Gasteiger partial charge in [-0.2, -0.15) is 6.92 Å². The summed E-state index contributed by atoms with van der Waals surface area (Å²) in [5.74, 6) is -1.01. The van der Waals surface area contributed by atoms with E-state index in [1.165, 1.54) is 0 Å². The van der Waals surface area contributed by atoms with Crippen LogP contribution >= 0.6 is 0 Å². The Morgan fingerprint density at radius 3 is 2.58 bits per heavy atom. The number of nitrogens with one attached hydrogen (secondary N) is 1. The maximum absolute atomic E-state index is 10.8. The summed E-state index contributed by atoms with van der Waals surface area (Å²) in [6.45, 7) is 11.4. The Kier molecular flexibility index (Phi) is 22.7. The summed E-state index contributed by atoms with van der Waals surface area (Å²) in [5.41, 5.74) is 5.29. The third-order valence-corrected chi connectivity index (χ3v) is 1.78. The Morgan fingerprint density at radius 2 is 2.11 bits per heavy atom. The van der Waals surface area contributed by atoms with Crippen LogP contribution in [0.3, 0.4) is 0 Å². The number of hydrogen-bond acceptors (Lipinski definition) is 4. The number of hydrogen-bond donors (Lipinski definition) is 3. The average Bonchev–Trinajstić information content (AvgIpc) is 2.37. The van der Waals surface area contributed by atoms with Gasteiger partial charge in [0.2, 0.25) is 0 Å². The monoisotopic (exact) mass is 296 g/mol. The van der Waals surface area contributed by atoms with Crippen LogP contribution in [0, 0.1) is 20.1 Å². The number of unbranched alkanes of at least 4 members (excludes halogenated alkanes) is 1. The maximum atomic E-state index is 10.8. The zero-order chi connectivity index (χ0) is 14.4. The van der Waals surface area contributed by atoms with Crippen LogP contribution in [0.4, 0.5) is 4.79 Å². The molecule has 0 aromatic rings. The smallest absolute Gasteiger partial charge is 0.600 e. The molecule has 1 atom stereocenters. The summed E-state index contributed by atoms with van der Waals surface area (Å²) in [5, 5.41) is 11.0. The second kappa shape index (κ2) is 17.9. The van der Waals surface area contributed by atoms with Gasteiger partial charge in [0, 0.05) is 6.54 Å². The third kappa shape index (κ3) is 17.9. The first-order chi connectivity index (χ1) is 8.57. The molecule has 7 heteroatoms. The number of aliphatic carboxylic acids is 1. The number of carboxylic acids is 1. The fourth-order valence-electron chi connectivity index (χ4n) is 0.946. The van der Waals surface area contributed by atoms with Gasteiger partial charge in [0.15, 0.2) is 0 Å². The van der Waals surface area contributed by atoms with Crippen LogP contribution < -0.4 is 62.4 Å². The van der Waals surface area contributed by atoms with E-state index >= 15 is 0 Å². The van der Waals surface area contributed by atoms with Crippen molar-refractivity contribution in [2.45, 2.75) is 32.2 Å². The zero-order valence-corrected chi connectivity index (χ0v) is 14.7. The fraction of sp³-hybridized carbons (Fsp3) is 0.500. The minimum atomic E-state index is -1.01. The van der Waals surface area contributed by atoms with E-state index in [1.54, 1.807) is 6.92 Å². The van der Waals surface area contributed by atoms with Crippen molar-refractivity contribution in [1.82, 2.24) is 5.32 Å². The van der Waals surface area contributed by atoms with Gasteiger partial charge in [-0.15, -0.1) is 0 Å². The molecule has 0 rings (SSSR count). The molecule has 0 aromatic heterocycles. The van der Waals surface area contributed by atoms with Crippen LogP contribution in [-0.2, 0) is 9.53 Å². The number of carbonyl (C=O) groups excluding carboxylic acids is 1. The van der Waals surface area contributed by atoms with Crippen molar-refractivity contribution in [1.29, 1.82) is 0 Å². The fourth-order valence-corrected chi connectivity index (χ4v) is 0.946. The Balaban J connectivity index is -0.000000809. The molecule has 0 aliphatic heterocycles. The summed E-state index contributed by atoms with van der Waals surface area (Å²) in [6.07, 6.45) is 2.16. The van der Waals surface area contributed by atoms with Crippen molar-refractivity contribution in [2.75, 3.05) is 6.54 Å². The van der Waals surface area contributed by atoms with Gasteiger partial charge in [-0.3, -0.25) is 4.79 Å². The summed E-state index contributed by atoms with van der Waals surface area (Å²) in [4.78, 5) is 21.2. The minimum absolute atomic E-state index is 0. The summed E-state index contributed by atoms with van der Waals surface area (Å²) in [6, 6.07) is -0.841. The zero-order valence-electron chi connectivity index (χ0n) is 11.6. The third-order valence-electron chi connectivity index (χ3n) is 1.78. The average molecular weight is 296 g/mol. The number of carboxylic acid groups (broad SMARTS) is 1. The van der Waals surface area contributed by atoms with E-state index in [0.29, 0.717) is 25.8 Å². The molecule has 1 amide bonds. The van der Waals surface area contributed by atoms with Gasteiger partial charge in [-0.25, -0.2) is 11.4 Å². The van der Waals surface area contributed by atoms with Gasteiger partial charge in [-0.1, -0.05) is 0 Å². The van der Waals surface area contributed by atoms with Crippen LogP contribution in [0.1, 0.15) is 26.2 Å². The van der Waals surface area contributed by atoms with Gasteiger partial charge in [-0.05, 0) is 19.3 Å². The van der Waals surface area contributed by atoms with E-state index in [1.807, 2.05) is 0 Å². The van der Waals surface area contributed by atoms with E-state index in [4.69, 9.17) is 17.4 Å². The first-order valence-electron chi connectivity index (χ1n) is 5.58. The van der Waals surface area contributed by atoms with E-state index in [-0.39, 0.29) is 51.4 Å². The normalized spacial score (nSPS) is 9.84. The van der Waals surface area contributed by atoms with Crippen molar-refractivity contribution in [2.24, 2.45) is 5.73 Å². The molecule has 106 valence electrons. The number of alkyl carbamates (subject to hydrolysis) is 1. The molecule has 0 aliphatic carbocycles. The Hall–Kier alpha value is -0.0536. The van der Waals surface area contributed by atoms with Gasteiger partial charge >= 0.3 is 63.4 Å². The molecular weight excluding hydrogens is 275 g/mol. The standard InChI is InChI=1S/C10H16N2O4.C2H5.K/c1-2-7-16-10(15)12-6-4-3-5-8(11)9(13)14;1-2;/h1-2,7-8H,3-6,11H2,(H,12,15)(H,13,14);1H2,2H3;/q-2;-1;+1. The van der Waals surface area contributed by atoms with Crippen LogP contribution in [0.2, 0.25) is 0 Å². The Morgan fingerprint density at radius 1 is 1.53 bits per heavy atom. The first-order valence-corrected chi connectivity index (χ1v) is 5.58. The van der Waals surface area contributed by atoms with Crippen molar-refractivity contribution in [3.05, 3.63) is 26.2 Å². The molecule has 4 N–H and O–H groups in total. The minimum Gasteiger partial charge on any atom is -0.600 e. The van der Waals surface area contributed by atoms with Crippen LogP contribution in [-0.4, -0.2) is 29.8 Å². The molecule has 1 unspecified atom stereocenters. The number of ether oxygens (including phenoxy) is 1. The van der Waals surface area contributed by atoms with Crippen molar-refractivity contribution in [3.8, 4) is 0 Å². The van der Waals surface area contributed by atoms with E-state index in [9.17, 15) is 9.59 Å². The van der Waals surface area contributed by atoms with Crippen molar-refractivity contribution >= 4 is 12.1 Å². The molecule has 0 saturated heterocycles. The summed E-state index contributed by atoms with van der Waals surface area (Å²) < 4.78 is 4.48. The second-order valence-electron chi connectivity index (χ2n) is 3.10. The maximum Gasteiger partial charge on any atom is 1.00 e. The largest absolute Gasteiger partial charge is 1.00 e. The quantitative estimate of drug-likeness (QED) is 0.281. The number of carbonyl (C=O) groups is 2. The van der Waals surface area contributed by atoms with E-state index < -0.39 is 18.1 Å². The van der Waals surface area contributed by atoms with E-state index in [0.717, 1.165) is 12.7 Å². The van der Waals surface area contributed by atoms with Crippen LogP contribution in [0.15, 0.2) is 6.08 Å². The number of amides is 1. The topological polar surface area (TPSA) is 102 Å². The predicted octanol–water partition coefficient (Wildman–Crippen LogP) is -1.71. The number of rotatable bonds is 8. The predicted molar refractivity (Wildman–Crippen MR) is 68.1 cm³/mol. The number of nitrogens with two attached hydrogens (primary N) is 1. The first kappa shape index (κ1) is 24.0. The van der Waals surface area contributed by atoms with Crippen molar-refractivity contribution in [3.63, 3.8) is 0 Å². The summed E-state index contributed by atoms with van der Waals surface area (Å²) in [7, 11) is 0. The SMILES string of the molecule is [CH-]=C[CH-]OC(=O)NCCCCC(N)C(=O)O.[CH2-]C.[K+]. The molecule has 6 nitrogen and oxygen atoms in total. The second-order valence-corrected chi connectivity index (χ2v) is 3.10. The van der Waals surface area contributed by atoms with E-state index in [2.05, 4.69) is 17.0 Å². The molecule has 0 bridgehead atoms. The molecule has 0 aliphatic rings. The molecule has 0 radical (unpaired) electrons. The molecular formula is C12H21KN2O4-2. The van der Waals surface area contributed by atoms with Gasteiger partial charge in [0.05, 0.1) is 0 Å². The molecule has 0 heterocycles. The van der Waals surface area contributed by atoms with Crippen LogP contribution in [0.5, 0.6) is 0 Å². The molecule has 0 aromatic carbocycles. The molecule has 0 saturated carbocycles.